The van der Waals surface area contributed by atoms with E-state index in [4.69, 9.17) is 22.4 Å². The number of hydrogen-bond acceptors (Lipinski definition) is 4. The molecule has 0 aliphatic heterocycles. The normalized spacial score (nSPS) is 11.9. The Morgan fingerprint density at radius 1 is 1.62 bits per heavy atom. The van der Waals surface area contributed by atoms with Crippen LogP contribution in [0.1, 0.15) is 6.42 Å². The molecule has 1 aromatic rings. The van der Waals surface area contributed by atoms with Crippen molar-refractivity contribution >= 4 is 29.2 Å². The van der Waals surface area contributed by atoms with Crippen LogP contribution in [0, 0.1) is 0 Å². The van der Waals surface area contributed by atoms with E-state index in [1.807, 2.05) is 0 Å². The molecule has 0 aromatic carbocycles. The number of carbonyl (C=O) groups excluding carboxylic acids is 1. The number of anilines is 1. The Balaban J connectivity index is 2.64. The zero-order valence-electron chi connectivity index (χ0n) is 8.18. The summed E-state index contributed by atoms with van der Waals surface area (Å²) in [6.07, 6.45) is 1.03. The molecule has 0 aliphatic rings. The van der Waals surface area contributed by atoms with Crippen LogP contribution in [0.15, 0.2) is 18.3 Å². The van der Waals surface area contributed by atoms with Crippen LogP contribution in [0.4, 0.5) is 5.69 Å². The van der Waals surface area contributed by atoms with Gasteiger partial charge in [0.1, 0.15) is 0 Å². The minimum Gasteiger partial charge on any atom is -0.481 e. The molecule has 1 aromatic heterocycles. The van der Waals surface area contributed by atoms with Gasteiger partial charge in [-0.05, 0) is 12.1 Å². The SMILES string of the molecule is NC(CC(=O)O)C(=O)Nc1cccnc1Cl. The van der Waals surface area contributed by atoms with Crippen LogP contribution in [0.5, 0.6) is 0 Å². The molecule has 0 aliphatic carbocycles. The number of aliphatic carboxylic acids is 1. The van der Waals surface area contributed by atoms with Crippen molar-refractivity contribution < 1.29 is 14.7 Å². The van der Waals surface area contributed by atoms with E-state index >= 15 is 0 Å². The predicted octanol–water partition coefficient (Wildman–Crippen LogP) is 0.475. The first-order chi connectivity index (χ1) is 7.50. The lowest BCUT2D eigenvalue weighted by Crippen LogP contribution is -2.37. The summed E-state index contributed by atoms with van der Waals surface area (Å²) in [6, 6.07) is 2.01. The molecule has 0 radical (unpaired) electrons. The molecule has 1 atom stereocenters. The highest BCUT2D eigenvalue weighted by Crippen LogP contribution is 2.17. The number of amides is 1. The number of carboxylic acid groups (broad SMARTS) is 1. The molecular weight excluding hydrogens is 234 g/mol. The van der Waals surface area contributed by atoms with E-state index < -0.39 is 24.3 Å². The Labute approximate surface area is 96.4 Å². The van der Waals surface area contributed by atoms with E-state index in [1.54, 1.807) is 12.1 Å². The van der Waals surface area contributed by atoms with Crippen molar-refractivity contribution in [3.05, 3.63) is 23.5 Å². The zero-order chi connectivity index (χ0) is 12.1. The first kappa shape index (κ1) is 12.4. The average molecular weight is 244 g/mol. The maximum absolute atomic E-state index is 11.4. The highest BCUT2D eigenvalue weighted by molar-refractivity contribution is 6.32. The van der Waals surface area contributed by atoms with Gasteiger partial charge in [-0.3, -0.25) is 9.59 Å². The molecule has 86 valence electrons. The smallest absolute Gasteiger partial charge is 0.305 e. The van der Waals surface area contributed by atoms with Gasteiger partial charge in [-0.1, -0.05) is 11.6 Å². The molecule has 1 unspecified atom stereocenters. The predicted molar refractivity (Wildman–Crippen MR) is 58.1 cm³/mol. The summed E-state index contributed by atoms with van der Waals surface area (Å²) >= 11 is 5.70. The number of carbonyl (C=O) groups is 2. The molecular formula is C9H10ClN3O3. The highest BCUT2D eigenvalue weighted by atomic mass is 35.5. The average Bonchev–Trinajstić information content (AvgIpc) is 2.20. The molecule has 1 rings (SSSR count). The van der Waals surface area contributed by atoms with Gasteiger partial charge in [0.2, 0.25) is 5.91 Å². The van der Waals surface area contributed by atoms with Crippen LogP contribution in [-0.2, 0) is 9.59 Å². The first-order valence-electron chi connectivity index (χ1n) is 4.39. The fourth-order valence-corrected chi connectivity index (χ4v) is 1.15. The van der Waals surface area contributed by atoms with Gasteiger partial charge in [0, 0.05) is 6.20 Å². The molecule has 0 bridgehead atoms. The summed E-state index contributed by atoms with van der Waals surface area (Å²) in [4.78, 5) is 25.5. The third-order valence-electron chi connectivity index (χ3n) is 1.75. The van der Waals surface area contributed by atoms with Gasteiger partial charge in [-0.2, -0.15) is 0 Å². The van der Waals surface area contributed by atoms with Crippen LogP contribution in [-0.4, -0.2) is 28.0 Å². The van der Waals surface area contributed by atoms with Crippen LogP contribution in [0.2, 0.25) is 5.15 Å². The third kappa shape index (κ3) is 3.48. The largest absolute Gasteiger partial charge is 0.481 e. The number of pyridine rings is 1. The summed E-state index contributed by atoms with van der Waals surface area (Å²) in [5, 5.41) is 11.0. The molecule has 7 heteroatoms. The maximum Gasteiger partial charge on any atom is 0.305 e. The van der Waals surface area contributed by atoms with Crippen molar-refractivity contribution in [2.75, 3.05) is 5.32 Å². The molecule has 6 nitrogen and oxygen atoms in total. The van der Waals surface area contributed by atoms with E-state index in [2.05, 4.69) is 10.3 Å². The van der Waals surface area contributed by atoms with Crippen molar-refractivity contribution in [2.45, 2.75) is 12.5 Å². The lowest BCUT2D eigenvalue weighted by molar-refractivity contribution is -0.138. The van der Waals surface area contributed by atoms with E-state index in [0.29, 0.717) is 5.69 Å². The fourth-order valence-electron chi connectivity index (χ4n) is 0.986. The van der Waals surface area contributed by atoms with Crippen molar-refractivity contribution in [3.8, 4) is 0 Å². The minimum atomic E-state index is -1.14. The topological polar surface area (TPSA) is 105 Å². The van der Waals surface area contributed by atoms with E-state index in [-0.39, 0.29) is 5.15 Å². The Morgan fingerprint density at radius 3 is 2.88 bits per heavy atom. The van der Waals surface area contributed by atoms with Gasteiger partial charge in [-0.15, -0.1) is 0 Å². The summed E-state index contributed by atoms with van der Waals surface area (Å²) in [5.74, 6) is -1.75. The van der Waals surface area contributed by atoms with Gasteiger partial charge in [0.25, 0.3) is 0 Å². The van der Waals surface area contributed by atoms with Crippen molar-refractivity contribution in [3.63, 3.8) is 0 Å². The van der Waals surface area contributed by atoms with Gasteiger partial charge >= 0.3 is 5.97 Å². The van der Waals surface area contributed by atoms with E-state index in [9.17, 15) is 9.59 Å². The summed E-state index contributed by atoms with van der Waals surface area (Å²) < 4.78 is 0. The number of nitrogens with zero attached hydrogens (tertiary/aromatic N) is 1. The van der Waals surface area contributed by atoms with Crippen molar-refractivity contribution in [2.24, 2.45) is 5.73 Å². The van der Waals surface area contributed by atoms with Crippen molar-refractivity contribution in [1.29, 1.82) is 0 Å². The molecule has 1 amide bonds. The Morgan fingerprint density at radius 2 is 2.31 bits per heavy atom. The van der Waals surface area contributed by atoms with Gasteiger partial charge in [0.15, 0.2) is 5.15 Å². The first-order valence-corrected chi connectivity index (χ1v) is 4.77. The number of carboxylic acids is 1. The monoisotopic (exact) mass is 243 g/mol. The molecule has 0 saturated heterocycles. The molecule has 16 heavy (non-hydrogen) atoms. The quantitative estimate of drug-likeness (QED) is 0.667. The molecule has 0 fully saturated rings. The fraction of sp³-hybridized carbons (Fsp3) is 0.222. The van der Waals surface area contributed by atoms with Crippen LogP contribution in [0.3, 0.4) is 0 Å². The van der Waals surface area contributed by atoms with Crippen LogP contribution < -0.4 is 11.1 Å². The summed E-state index contributed by atoms with van der Waals surface area (Å²) in [5.41, 5.74) is 5.66. The van der Waals surface area contributed by atoms with Gasteiger partial charge in [0.05, 0.1) is 18.2 Å². The van der Waals surface area contributed by atoms with Crippen molar-refractivity contribution in [1.82, 2.24) is 4.98 Å². The second kappa shape index (κ2) is 5.43. The maximum atomic E-state index is 11.4. The summed E-state index contributed by atoms with van der Waals surface area (Å²) in [6.45, 7) is 0. The van der Waals surface area contributed by atoms with E-state index in [0.717, 1.165) is 0 Å². The third-order valence-corrected chi connectivity index (χ3v) is 2.05. The Kier molecular flexibility index (Phi) is 4.21. The number of nitrogens with one attached hydrogen (secondary N) is 1. The van der Waals surface area contributed by atoms with Gasteiger partial charge in [-0.25, -0.2) is 4.98 Å². The molecule has 0 saturated carbocycles. The number of nitrogens with two attached hydrogens (primary N) is 1. The molecule has 0 spiro atoms. The second-order valence-electron chi connectivity index (χ2n) is 3.04. The number of rotatable bonds is 4. The molecule has 1 heterocycles. The Bertz CT molecular complexity index is 411. The molecule has 4 N–H and O–H groups in total. The Hall–Kier alpha value is -1.66. The lowest BCUT2D eigenvalue weighted by Gasteiger charge is -2.10. The lowest BCUT2D eigenvalue weighted by atomic mass is 10.2. The van der Waals surface area contributed by atoms with Crippen LogP contribution >= 0.6 is 11.6 Å². The second-order valence-corrected chi connectivity index (χ2v) is 3.39. The van der Waals surface area contributed by atoms with E-state index in [1.165, 1.54) is 6.20 Å². The number of hydrogen-bond donors (Lipinski definition) is 3. The number of aromatic nitrogens is 1. The zero-order valence-corrected chi connectivity index (χ0v) is 8.94. The summed E-state index contributed by atoms with van der Waals surface area (Å²) in [7, 11) is 0. The standard InChI is InChI=1S/C9H10ClN3O3/c10-8-6(2-1-3-12-8)13-9(16)5(11)4-7(14)15/h1-3,5H,4,11H2,(H,13,16)(H,14,15). The van der Waals surface area contributed by atoms with Crippen LogP contribution in [0.25, 0.3) is 0 Å². The minimum absolute atomic E-state index is 0.123. The highest BCUT2D eigenvalue weighted by Gasteiger charge is 2.17. The number of halogens is 1. The van der Waals surface area contributed by atoms with Gasteiger partial charge < -0.3 is 16.2 Å².